The maximum absolute atomic E-state index is 13.2. The number of carbonyl (C=O) groups excluding carboxylic acids is 1. The maximum atomic E-state index is 13.2. The fourth-order valence-electron chi connectivity index (χ4n) is 5.44. The molecule has 1 aromatic carbocycles. The van der Waals surface area contributed by atoms with Crippen molar-refractivity contribution in [1.29, 1.82) is 0 Å². The quantitative estimate of drug-likeness (QED) is 0.354. The summed E-state index contributed by atoms with van der Waals surface area (Å²) >= 11 is 6.55. The Labute approximate surface area is 218 Å². The van der Waals surface area contributed by atoms with Crippen molar-refractivity contribution in [3.05, 3.63) is 51.9 Å². The second-order valence-corrected chi connectivity index (χ2v) is 10.5. The monoisotopic (exact) mass is 531 g/mol. The highest BCUT2D eigenvalue weighted by Crippen LogP contribution is 2.45. The van der Waals surface area contributed by atoms with E-state index in [2.05, 4.69) is 15.1 Å². The van der Waals surface area contributed by atoms with E-state index in [1.165, 1.54) is 6.07 Å². The molecule has 6 nitrogen and oxygen atoms in total. The number of rotatable bonds is 5. The van der Waals surface area contributed by atoms with Crippen molar-refractivity contribution in [1.82, 2.24) is 14.8 Å². The summed E-state index contributed by atoms with van der Waals surface area (Å²) < 4.78 is 41.5. The number of hydrogen-bond donors (Lipinski definition) is 1. The summed E-state index contributed by atoms with van der Waals surface area (Å²) in [6, 6.07) is 3.96. The molecule has 2 N–H and O–H groups in total. The van der Waals surface area contributed by atoms with Gasteiger partial charge in [0.2, 0.25) is 0 Å². The molecule has 0 spiro atoms. The van der Waals surface area contributed by atoms with Crippen LogP contribution in [0.1, 0.15) is 91.5 Å². The van der Waals surface area contributed by atoms with Gasteiger partial charge in [-0.2, -0.15) is 18.3 Å². The minimum Gasteiger partial charge on any atom is -0.398 e. The number of aryl methyl sites for hydroxylation is 1. The SMILES string of the molecule is CCn1cc(C(=O)/N=C(\C)C2CCC(c3c(Cl)ccc4nc(C(F)(F)F)cc(N)c34)CC2)c(C2CC2)n1. The van der Waals surface area contributed by atoms with Crippen molar-refractivity contribution in [2.75, 3.05) is 5.73 Å². The number of nitrogen functional groups attached to an aromatic ring is 1. The Morgan fingerprint density at radius 2 is 1.84 bits per heavy atom. The average molecular weight is 532 g/mol. The number of amides is 1. The number of pyridine rings is 1. The van der Waals surface area contributed by atoms with Gasteiger partial charge in [-0.05, 0) is 88.0 Å². The normalized spacial score (nSPS) is 21.0. The third-order valence-corrected chi connectivity index (χ3v) is 7.92. The summed E-state index contributed by atoms with van der Waals surface area (Å²) in [5.74, 6) is 0.294. The molecule has 0 aliphatic heterocycles. The molecule has 3 aromatic rings. The number of aromatic nitrogens is 3. The molecule has 0 radical (unpaired) electrons. The Morgan fingerprint density at radius 3 is 2.46 bits per heavy atom. The lowest BCUT2D eigenvalue weighted by atomic mass is 9.76. The summed E-state index contributed by atoms with van der Waals surface area (Å²) in [5, 5.41) is 5.54. The van der Waals surface area contributed by atoms with Crippen molar-refractivity contribution in [3.8, 4) is 0 Å². The van der Waals surface area contributed by atoms with E-state index >= 15 is 0 Å². The van der Waals surface area contributed by atoms with Gasteiger partial charge in [0.25, 0.3) is 5.91 Å². The van der Waals surface area contributed by atoms with Crippen LogP contribution in [0.2, 0.25) is 5.02 Å². The molecule has 37 heavy (non-hydrogen) atoms. The molecule has 10 heteroatoms. The number of hydrogen-bond acceptors (Lipinski definition) is 4. The van der Waals surface area contributed by atoms with Crippen LogP contribution in [-0.2, 0) is 12.7 Å². The van der Waals surface area contributed by atoms with E-state index in [9.17, 15) is 18.0 Å². The van der Waals surface area contributed by atoms with Crippen LogP contribution in [0, 0.1) is 5.92 Å². The van der Waals surface area contributed by atoms with Gasteiger partial charge in [-0.25, -0.2) is 9.98 Å². The van der Waals surface area contributed by atoms with Gasteiger partial charge in [-0.15, -0.1) is 0 Å². The van der Waals surface area contributed by atoms with Gasteiger partial charge < -0.3 is 5.73 Å². The number of benzene rings is 1. The first-order valence-electron chi connectivity index (χ1n) is 12.7. The lowest BCUT2D eigenvalue weighted by molar-refractivity contribution is -0.140. The van der Waals surface area contributed by atoms with Crippen molar-refractivity contribution in [2.45, 2.75) is 76.9 Å². The molecule has 0 unspecified atom stereocenters. The van der Waals surface area contributed by atoms with E-state index in [1.807, 2.05) is 13.8 Å². The predicted molar refractivity (Wildman–Crippen MR) is 138 cm³/mol. The van der Waals surface area contributed by atoms with E-state index in [0.717, 1.165) is 61.6 Å². The van der Waals surface area contributed by atoms with Crippen LogP contribution < -0.4 is 5.73 Å². The molecule has 0 saturated heterocycles. The molecule has 2 aliphatic rings. The standard InChI is InChI=1S/C27H29ClF3N5O/c1-3-36-13-18(25(35-36)17-8-9-17)26(37)33-14(2)15-4-6-16(7-5-15)23-19(28)10-11-21-24(23)20(32)12-22(34-21)27(29,30)31/h10-13,15-17H,3-9H2,1-2H3,(H2,32,34)/b33-14+. The van der Waals surface area contributed by atoms with E-state index in [0.29, 0.717) is 28.4 Å². The molecule has 0 atom stereocenters. The fourth-order valence-corrected chi connectivity index (χ4v) is 5.75. The number of anilines is 1. The first-order valence-corrected chi connectivity index (χ1v) is 13.1. The fraction of sp³-hybridized carbons (Fsp3) is 0.481. The summed E-state index contributed by atoms with van der Waals surface area (Å²) in [4.78, 5) is 21.3. The molecule has 2 saturated carbocycles. The van der Waals surface area contributed by atoms with Gasteiger partial charge in [0.1, 0.15) is 5.69 Å². The van der Waals surface area contributed by atoms with Crippen LogP contribution in [0.4, 0.5) is 18.9 Å². The molecular formula is C27H29ClF3N5O. The van der Waals surface area contributed by atoms with Crippen LogP contribution in [0.15, 0.2) is 29.4 Å². The topological polar surface area (TPSA) is 86.2 Å². The number of aliphatic imine (C=N–C) groups is 1. The second-order valence-electron chi connectivity index (χ2n) is 10.1. The van der Waals surface area contributed by atoms with Crippen molar-refractivity contribution >= 4 is 39.8 Å². The third kappa shape index (κ3) is 5.10. The van der Waals surface area contributed by atoms with E-state index in [-0.39, 0.29) is 28.9 Å². The Hall–Kier alpha value is -2.94. The zero-order valence-electron chi connectivity index (χ0n) is 20.8. The van der Waals surface area contributed by atoms with Gasteiger partial charge in [0.05, 0.1) is 16.8 Å². The second kappa shape index (κ2) is 9.74. The Bertz CT molecular complexity index is 1380. The van der Waals surface area contributed by atoms with Crippen molar-refractivity contribution in [3.63, 3.8) is 0 Å². The summed E-state index contributed by atoms with van der Waals surface area (Å²) in [7, 11) is 0. The van der Waals surface area contributed by atoms with Gasteiger partial charge in [0.15, 0.2) is 0 Å². The summed E-state index contributed by atoms with van der Waals surface area (Å²) in [5.41, 5.74) is 8.32. The number of fused-ring (bicyclic) bond motifs is 1. The van der Waals surface area contributed by atoms with Crippen molar-refractivity contribution < 1.29 is 18.0 Å². The van der Waals surface area contributed by atoms with Crippen LogP contribution in [0.3, 0.4) is 0 Å². The zero-order chi connectivity index (χ0) is 26.5. The van der Waals surface area contributed by atoms with Gasteiger partial charge in [-0.1, -0.05) is 11.6 Å². The van der Waals surface area contributed by atoms with Crippen LogP contribution >= 0.6 is 11.6 Å². The van der Waals surface area contributed by atoms with E-state index in [4.69, 9.17) is 17.3 Å². The largest absolute Gasteiger partial charge is 0.433 e. The van der Waals surface area contributed by atoms with Gasteiger partial charge in [-0.3, -0.25) is 9.48 Å². The predicted octanol–water partition coefficient (Wildman–Crippen LogP) is 7.16. The highest BCUT2D eigenvalue weighted by Gasteiger charge is 2.35. The minimum atomic E-state index is -4.58. The van der Waals surface area contributed by atoms with Crippen LogP contribution in [-0.4, -0.2) is 26.4 Å². The van der Waals surface area contributed by atoms with Gasteiger partial charge in [0, 0.05) is 40.5 Å². The smallest absolute Gasteiger partial charge is 0.398 e. The van der Waals surface area contributed by atoms with Crippen LogP contribution in [0.25, 0.3) is 10.9 Å². The number of halogens is 4. The lowest BCUT2D eigenvalue weighted by Gasteiger charge is -2.30. The van der Waals surface area contributed by atoms with Crippen molar-refractivity contribution in [2.24, 2.45) is 10.9 Å². The summed E-state index contributed by atoms with van der Waals surface area (Å²) in [6.07, 6.45) is 2.43. The maximum Gasteiger partial charge on any atom is 0.433 e. The molecule has 196 valence electrons. The first-order chi connectivity index (χ1) is 17.6. The number of carbonyl (C=O) groups is 1. The lowest BCUT2D eigenvalue weighted by Crippen LogP contribution is -2.21. The highest BCUT2D eigenvalue weighted by molar-refractivity contribution is 6.32. The molecule has 2 fully saturated rings. The number of nitrogens with two attached hydrogens (primary N) is 1. The van der Waals surface area contributed by atoms with Gasteiger partial charge >= 0.3 is 6.18 Å². The Kier molecular flexibility index (Phi) is 6.77. The Balaban J connectivity index is 1.35. The Morgan fingerprint density at radius 1 is 1.16 bits per heavy atom. The third-order valence-electron chi connectivity index (χ3n) is 7.60. The number of alkyl halides is 3. The number of nitrogens with zero attached hydrogens (tertiary/aromatic N) is 4. The molecule has 5 rings (SSSR count). The molecule has 2 aromatic heterocycles. The van der Waals surface area contributed by atoms with Crippen LogP contribution in [0.5, 0.6) is 0 Å². The average Bonchev–Trinajstić information content (AvgIpc) is 3.61. The highest BCUT2D eigenvalue weighted by atomic mass is 35.5. The van der Waals surface area contributed by atoms with E-state index < -0.39 is 11.9 Å². The molecule has 2 aliphatic carbocycles. The zero-order valence-corrected chi connectivity index (χ0v) is 21.5. The first kappa shape index (κ1) is 25.7. The summed E-state index contributed by atoms with van der Waals surface area (Å²) in [6.45, 7) is 4.59. The molecule has 2 heterocycles. The molecular weight excluding hydrogens is 503 g/mol. The molecule has 0 bridgehead atoms. The van der Waals surface area contributed by atoms with E-state index in [1.54, 1.807) is 16.9 Å². The molecule has 1 amide bonds. The minimum absolute atomic E-state index is 0.0272.